The third-order valence-electron chi connectivity index (χ3n) is 6.33. The summed E-state index contributed by atoms with van der Waals surface area (Å²) < 4.78 is 17.7. The fourth-order valence-corrected chi connectivity index (χ4v) is 3.99. The van der Waals surface area contributed by atoms with Crippen LogP contribution >= 0.6 is 0 Å². The molecule has 0 aliphatic carbocycles. The lowest BCUT2D eigenvalue weighted by molar-refractivity contribution is 0.0218. The quantitative estimate of drug-likeness (QED) is 0.573. The van der Waals surface area contributed by atoms with Crippen LogP contribution in [0, 0.1) is 6.92 Å². The van der Waals surface area contributed by atoms with Crippen molar-refractivity contribution in [1.82, 2.24) is 14.9 Å². The number of carbonyl (C=O) groups is 1. The average Bonchev–Trinajstić information content (AvgIpc) is 3.38. The van der Waals surface area contributed by atoms with Crippen LogP contribution in [0.25, 0.3) is 11.3 Å². The van der Waals surface area contributed by atoms with E-state index < -0.39 is 23.9 Å². The van der Waals surface area contributed by atoms with Gasteiger partial charge in [-0.2, -0.15) is 0 Å². The Balaban J connectivity index is 1.48. The maximum Gasteiger partial charge on any atom is 0.497 e. The second-order valence-corrected chi connectivity index (χ2v) is 10.4. The van der Waals surface area contributed by atoms with Crippen molar-refractivity contribution in [1.29, 1.82) is 0 Å². The van der Waals surface area contributed by atoms with Crippen molar-refractivity contribution >= 4 is 18.7 Å². The molecule has 1 aromatic heterocycles. The van der Waals surface area contributed by atoms with Gasteiger partial charge in [0.2, 0.25) is 5.60 Å². The monoisotopic (exact) mass is 438 g/mol. The number of hydrogen-bond donors (Lipinski definition) is 1. The Labute approximate surface area is 191 Å². The highest BCUT2D eigenvalue weighted by molar-refractivity contribution is 6.62. The molecule has 2 aliphatic rings. The first kappa shape index (κ1) is 22.7. The fourth-order valence-electron chi connectivity index (χ4n) is 3.99. The average molecular weight is 438 g/mol. The first-order valence-electron chi connectivity index (χ1n) is 11.2. The maximum absolute atomic E-state index is 12.6. The number of aromatic amines is 1. The number of nitrogens with one attached hydrogen (secondary N) is 1. The molecule has 2 aromatic rings. The molecule has 0 radical (unpaired) electrons. The molecule has 2 aliphatic heterocycles. The van der Waals surface area contributed by atoms with Gasteiger partial charge in [0.25, 0.3) is 0 Å². The second-order valence-electron chi connectivity index (χ2n) is 10.4. The molecule has 7 nitrogen and oxygen atoms in total. The Bertz CT molecular complexity index is 962. The van der Waals surface area contributed by atoms with Crippen molar-refractivity contribution in [3.8, 4) is 11.3 Å². The van der Waals surface area contributed by atoms with Crippen LogP contribution in [-0.2, 0) is 14.0 Å². The Hall–Kier alpha value is -2.45. The van der Waals surface area contributed by atoms with E-state index in [0.29, 0.717) is 6.54 Å². The number of likely N-dealkylation sites (tertiary alicyclic amines) is 1. The number of aromatic nitrogens is 2. The van der Waals surface area contributed by atoms with Crippen LogP contribution in [0.4, 0.5) is 4.79 Å². The van der Waals surface area contributed by atoms with Crippen molar-refractivity contribution < 1.29 is 18.8 Å². The molecule has 1 N–H and O–H groups in total. The van der Waals surface area contributed by atoms with Crippen LogP contribution in [0.5, 0.6) is 0 Å². The minimum absolute atomic E-state index is 0.102. The summed E-state index contributed by atoms with van der Waals surface area (Å²) in [7, 11) is -0.445. The zero-order valence-electron chi connectivity index (χ0n) is 19.9. The zero-order valence-corrected chi connectivity index (χ0v) is 19.9. The Kier molecular flexibility index (Phi) is 5.58. The molecular formula is C24H33BN3O4+. The summed E-state index contributed by atoms with van der Waals surface area (Å²) in [5.41, 5.74) is 1.24. The number of H-pyrrole nitrogens is 1. The Morgan fingerprint density at radius 2 is 1.94 bits per heavy atom. The van der Waals surface area contributed by atoms with Gasteiger partial charge in [0.05, 0.1) is 24.9 Å². The van der Waals surface area contributed by atoms with E-state index >= 15 is 0 Å². The van der Waals surface area contributed by atoms with E-state index in [1.807, 2.05) is 72.0 Å². The predicted octanol–water partition coefficient (Wildman–Crippen LogP) is 4.26. The minimum Gasteiger partial charge on any atom is -0.444 e. The summed E-state index contributed by atoms with van der Waals surface area (Å²) in [6, 6.07) is 7.94. The summed E-state index contributed by atoms with van der Waals surface area (Å²) in [6.07, 6.45) is 3.31. The molecule has 1 amide bonds. The smallest absolute Gasteiger partial charge is 0.444 e. The van der Waals surface area contributed by atoms with Crippen LogP contribution in [0.2, 0.25) is 0 Å². The highest BCUT2D eigenvalue weighted by atomic mass is 16.7. The topological polar surface area (TPSA) is 76.7 Å². The first-order chi connectivity index (χ1) is 14.9. The number of rotatable bonds is 3. The van der Waals surface area contributed by atoms with E-state index in [1.165, 1.54) is 0 Å². The number of imidazole rings is 1. The third-order valence-corrected chi connectivity index (χ3v) is 6.33. The molecule has 4 rings (SSSR count). The van der Waals surface area contributed by atoms with E-state index in [-0.39, 0.29) is 12.1 Å². The molecule has 2 atom stereocenters. The van der Waals surface area contributed by atoms with Crippen molar-refractivity contribution in [2.45, 2.75) is 77.2 Å². The largest absolute Gasteiger partial charge is 0.497 e. The van der Waals surface area contributed by atoms with Crippen LogP contribution in [0.1, 0.15) is 66.3 Å². The van der Waals surface area contributed by atoms with Crippen LogP contribution < -0.4 is 5.46 Å². The van der Waals surface area contributed by atoms with Gasteiger partial charge < -0.3 is 19.0 Å². The number of amides is 1. The summed E-state index contributed by atoms with van der Waals surface area (Å²) in [5.74, 6) is 0.782. The molecule has 8 heteroatoms. The third kappa shape index (κ3) is 4.39. The second kappa shape index (κ2) is 7.85. The SMILES string of the molecule is [CH2+]C1(C)OB(c2ccc(-c3cnc([C@@H]4CCCN4C(=O)OC(C)(C)C)[nH]3)cc2)OC1(C)C. The lowest BCUT2D eigenvalue weighted by Gasteiger charge is -2.27. The zero-order chi connectivity index (χ0) is 23.3. The van der Waals surface area contributed by atoms with Crippen molar-refractivity contribution in [2.75, 3.05) is 6.54 Å². The van der Waals surface area contributed by atoms with E-state index in [2.05, 4.69) is 16.9 Å². The van der Waals surface area contributed by atoms with Gasteiger partial charge >= 0.3 is 13.2 Å². The maximum atomic E-state index is 12.6. The summed E-state index contributed by atoms with van der Waals surface area (Å²) >= 11 is 0. The molecule has 1 aromatic carbocycles. The molecule has 2 saturated heterocycles. The Morgan fingerprint density at radius 3 is 2.53 bits per heavy atom. The van der Waals surface area contributed by atoms with E-state index in [1.54, 1.807) is 4.90 Å². The van der Waals surface area contributed by atoms with Crippen LogP contribution in [0.3, 0.4) is 0 Å². The molecule has 3 heterocycles. The molecule has 0 spiro atoms. The number of hydrogen-bond acceptors (Lipinski definition) is 5. The van der Waals surface area contributed by atoms with Gasteiger partial charge in [-0.1, -0.05) is 24.3 Å². The molecule has 170 valence electrons. The fraction of sp³-hybridized carbons (Fsp3) is 0.542. The summed E-state index contributed by atoms with van der Waals surface area (Å²) in [4.78, 5) is 22.4. The predicted molar refractivity (Wildman–Crippen MR) is 124 cm³/mol. The van der Waals surface area contributed by atoms with Gasteiger partial charge in [0.1, 0.15) is 17.0 Å². The molecule has 2 fully saturated rings. The van der Waals surface area contributed by atoms with Crippen LogP contribution in [0.15, 0.2) is 30.5 Å². The van der Waals surface area contributed by atoms with Gasteiger partial charge in [-0.25, -0.2) is 9.78 Å². The highest BCUT2D eigenvalue weighted by Crippen LogP contribution is 2.36. The number of carbonyl (C=O) groups excluding carboxylic acids is 1. The Morgan fingerprint density at radius 1 is 1.25 bits per heavy atom. The minimum atomic E-state index is -0.615. The van der Waals surface area contributed by atoms with Gasteiger partial charge in [-0.15, -0.1) is 0 Å². The molecule has 0 saturated carbocycles. The molecule has 32 heavy (non-hydrogen) atoms. The summed E-state index contributed by atoms with van der Waals surface area (Å²) in [5, 5.41) is 0. The van der Waals surface area contributed by atoms with Gasteiger partial charge in [0, 0.05) is 13.5 Å². The molecule has 1 unspecified atom stereocenters. The lowest BCUT2D eigenvalue weighted by atomic mass is 9.79. The van der Waals surface area contributed by atoms with E-state index in [9.17, 15) is 4.79 Å². The van der Waals surface area contributed by atoms with Crippen molar-refractivity contribution in [3.05, 3.63) is 43.2 Å². The lowest BCUT2D eigenvalue weighted by Crippen LogP contribution is -2.42. The van der Waals surface area contributed by atoms with Crippen molar-refractivity contribution in [2.24, 2.45) is 0 Å². The van der Waals surface area contributed by atoms with Crippen LogP contribution in [-0.4, -0.2) is 51.4 Å². The standard InChI is InChI=1S/C24H33BN3O4/c1-22(2,3)30-21(29)28-14-8-9-19(28)20-26-15-18(27-20)16-10-12-17(13-11-16)25-31-23(4,5)24(6,7)32-25/h10-13,15,19H,4,8-9,14H2,1-3,5-7H3,(H,26,27)/q+1/t19-,23?/m0/s1. The number of benzene rings is 1. The van der Waals surface area contributed by atoms with E-state index in [0.717, 1.165) is 35.4 Å². The molecule has 0 bridgehead atoms. The van der Waals surface area contributed by atoms with E-state index in [4.69, 9.17) is 14.0 Å². The van der Waals surface area contributed by atoms with Crippen molar-refractivity contribution in [3.63, 3.8) is 0 Å². The highest BCUT2D eigenvalue weighted by Gasteiger charge is 2.57. The summed E-state index contributed by atoms with van der Waals surface area (Å²) in [6.45, 7) is 16.4. The van der Waals surface area contributed by atoms with Gasteiger partial charge in [-0.3, -0.25) is 4.90 Å². The number of nitrogens with zero attached hydrogens (tertiary/aromatic N) is 2. The van der Waals surface area contributed by atoms with Gasteiger partial charge in [0.15, 0.2) is 0 Å². The van der Waals surface area contributed by atoms with Gasteiger partial charge in [-0.05, 0) is 58.5 Å². The normalized spacial score (nSPS) is 25.4. The number of ether oxygens (including phenoxy) is 1. The first-order valence-corrected chi connectivity index (χ1v) is 11.2. The molecular weight excluding hydrogens is 405 g/mol.